The van der Waals surface area contributed by atoms with Crippen LogP contribution in [0, 0.1) is 0 Å². The Bertz CT molecular complexity index is 358. The molecule has 2 aliphatic rings. The topological polar surface area (TPSA) is 78.4 Å². The number of hydrogen-bond donors (Lipinski definition) is 3. The number of carboxylic acids is 1. The molecule has 5 heteroatoms. The molecule has 0 aromatic carbocycles. The smallest absolute Gasteiger partial charge is 0.315 e. The molecule has 0 aromatic heterocycles. The van der Waals surface area contributed by atoms with E-state index in [1.807, 2.05) is 6.92 Å². The first-order valence-corrected chi connectivity index (χ1v) is 7.25. The van der Waals surface area contributed by atoms with E-state index in [-0.39, 0.29) is 18.0 Å². The highest BCUT2D eigenvalue weighted by Gasteiger charge is 2.38. The van der Waals surface area contributed by atoms with E-state index in [4.69, 9.17) is 5.11 Å². The Labute approximate surface area is 114 Å². The van der Waals surface area contributed by atoms with Gasteiger partial charge in [-0.3, -0.25) is 4.79 Å². The Hall–Kier alpha value is -1.26. The molecule has 0 unspecified atom stereocenters. The first-order chi connectivity index (χ1) is 8.93. The highest BCUT2D eigenvalue weighted by atomic mass is 16.4. The highest BCUT2D eigenvalue weighted by molar-refractivity contribution is 5.77. The fourth-order valence-electron chi connectivity index (χ4n) is 3.24. The molecule has 2 saturated carbocycles. The summed E-state index contributed by atoms with van der Waals surface area (Å²) in [5, 5.41) is 15.0. The molecule has 2 aliphatic carbocycles. The first kappa shape index (κ1) is 14.2. The van der Waals surface area contributed by atoms with E-state index < -0.39 is 11.5 Å². The molecule has 0 heterocycles. The van der Waals surface area contributed by atoms with Crippen molar-refractivity contribution >= 4 is 12.0 Å². The minimum Gasteiger partial charge on any atom is -0.481 e. The SMILES string of the molecule is CC1(NC(=O)NC2(CC(=O)O)CCCCC2)CCC1. The third-order valence-corrected chi connectivity index (χ3v) is 4.55. The lowest BCUT2D eigenvalue weighted by Gasteiger charge is -2.42. The zero-order valence-electron chi connectivity index (χ0n) is 11.6. The van der Waals surface area contributed by atoms with Gasteiger partial charge in [-0.1, -0.05) is 19.3 Å². The molecule has 5 nitrogen and oxygen atoms in total. The Balaban J connectivity index is 1.94. The average molecular weight is 268 g/mol. The first-order valence-electron chi connectivity index (χ1n) is 7.25. The second kappa shape index (κ2) is 5.39. The van der Waals surface area contributed by atoms with Crippen LogP contribution in [0.4, 0.5) is 4.79 Å². The molecule has 2 rings (SSSR count). The van der Waals surface area contributed by atoms with Crippen molar-refractivity contribution in [1.29, 1.82) is 0 Å². The van der Waals surface area contributed by atoms with Crippen molar-refractivity contribution in [2.24, 2.45) is 0 Å². The second-order valence-electron chi connectivity index (χ2n) is 6.40. The summed E-state index contributed by atoms with van der Waals surface area (Å²) >= 11 is 0. The molecule has 2 amide bonds. The Morgan fingerprint density at radius 3 is 2.11 bits per heavy atom. The minimum absolute atomic E-state index is 0.0249. The van der Waals surface area contributed by atoms with Crippen molar-refractivity contribution in [3.63, 3.8) is 0 Å². The molecule has 108 valence electrons. The maximum absolute atomic E-state index is 12.1. The second-order valence-corrected chi connectivity index (χ2v) is 6.40. The van der Waals surface area contributed by atoms with Crippen molar-refractivity contribution in [3.8, 4) is 0 Å². The summed E-state index contributed by atoms with van der Waals surface area (Å²) < 4.78 is 0. The van der Waals surface area contributed by atoms with Gasteiger partial charge in [-0.05, 0) is 39.0 Å². The lowest BCUT2D eigenvalue weighted by atomic mass is 9.78. The lowest BCUT2D eigenvalue weighted by molar-refractivity contribution is -0.139. The Morgan fingerprint density at radius 1 is 1.00 bits per heavy atom. The van der Waals surface area contributed by atoms with Gasteiger partial charge in [-0.25, -0.2) is 4.79 Å². The standard InChI is InChI=1S/C14H24N2O3/c1-13(6-5-7-13)15-12(19)16-14(10-11(17)18)8-3-2-4-9-14/h2-10H2,1H3,(H,17,18)(H2,15,16,19). The van der Waals surface area contributed by atoms with Crippen LogP contribution in [0.5, 0.6) is 0 Å². The van der Waals surface area contributed by atoms with Gasteiger partial charge in [0.2, 0.25) is 0 Å². The molecular formula is C14H24N2O3. The van der Waals surface area contributed by atoms with Crippen LogP contribution in [-0.4, -0.2) is 28.2 Å². The van der Waals surface area contributed by atoms with Gasteiger partial charge in [-0.2, -0.15) is 0 Å². The van der Waals surface area contributed by atoms with Gasteiger partial charge in [0, 0.05) is 5.54 Å². The van der Waals surface area contributed by atoms with Crippen LogP contribution in [0.3, 0.4) is 0 Å². The third kappa shape index (κ3) is 3.61. The number of amides is 2. The zero-order chi connectivity index (χ0) is 13.9. The van der Waals surface area contributed by atoms with Crippen LogP contribution < -0.4 is 10.6 Å². The Morgan fingerprint density at radius 2 is 1.63 bits per heavy atom. The number of rotatable bonds is 4. The predicted molar refractivity (Wildman–Crippen MR) is 72.0 cm³/mol. The molecule has 0 bridgehead atoms. The predicted octanol–water partition coefficient (Wildman–Crippen LogP) is 2.41. The molecular weight excluding hydrogens is 244 g/mol. The van der Waals surface area contributed by atoms with Crippen LogP contribution in [0.1, 0.15) is 64.7 Å². The molecule has 2 fully saturated rings. The van der Waals surface area contributed by atoms with Gasteiger partial charge in [0.25, 0.3) is 0 Å². The van der Waals surface area contributed by atoms with E-state index in [2.05, 4.69) is 10.6 Å². The summed E-state index contributed by atoms with van der Waals surface area (Å²) in [7, 11) is 0. The number of carbonyl (C=O) groups is 2. The lowest BCUT2D eigenvalue weighted by Crippen LogP contribution is -2.60. The number of aliphatic carboxylic acids is 1. The van der Waals surface area contributed by atoms with Crippen LogP contribution in [0.15, 0.2) is 0 Å². The molecule has 0 aromatic rings. The van der Waals surface area contributed by atoms with Crippen molar-refractivity contribution < 1.29 is 14.7 Å². The van der Waals surface area contributed by atoms with Crippen molar-refractivity contribution in [2.75, 3.05) is 0 Å². The molecule has 0 aliphatic heterocycles. The van der Waals surface area contributed by atoms with E-state index in [9.17, 15) is 9.59 Å². The number of hydrogen-bond acceptors (Lipinski definition) is 2. The maximum Gasteiger partial charge on any atom is 0.315 e. The van der Waals surface area contributed by atoms with E-state index >= 15 is 0 Å². The average Bonchev–Trinajstić information content (AvgIpc) is 2.26. The normalized spacial score (nSPS) is 24.1. The fraction of sp³-hybridized carbons (Fsp3) is 0.857. The van der Waals surface area contributed by atoms with E-state index in [1.165, 1.54) is 0 Å². The molecule has 0 atom stereocenters. The molecule has 19 heavy (non-hydrogen) atoms. The van der Waals surface area contributed by atoms with Gasteiger partial charge < -0.3 is 15.7 Å². The molecule has 3 N–H and O–H groups in total. The molecule has 0 saturated heterocycles. The van der Waals surface area contributed by atoms with Crippen LogP contribution in [0.25, 0.3) is 0 Å². The van der Waals surface area contributed by atoms with Gasteiger partial charge >= 0.3 is 12.0 Å². The largest absolute Gasteiger partial charge is 0.481 e. The maximum atomic E-state index is 12.1. The van der Waals surface area contributed by atoms with Crippen molar-refractivity contribution in [3.05, 3.63) is 0 Å². The molecule has 0 spiro atoms. The quantitative estimate of drug-likeness (QED) is 0.732. The van der Waals surface area contributed by atoms with E-state index in [0.717, 1.165) is 51.4 Å². The third-order valence-electron chi connectivity index (χ3n) is 4.55. The molecule has 0 radical (unpaired) electrons. The summed E-state index contributed by atoms with van der Waals surface area (Å²) in [4.78, 5) is 23.1. The highest BCUT2D eigenvalue weighted by Crippen LogP contribution is 2.33. The number of urea groups is 1. The summed E-state index contributed by atoms with van der Waals surface area (Å²) in [6, 6.07) is -0.203. The van der Waals surface area contributed by atoms with Crippen molar-refractivity contribution in [2.45, 2.75) is 75.8 Å². The van der Waals surface area contributed by atoms with Gasteiger partial charge in [0.1, 0.15) is 0 Å². The van der Waals surface area contributed by atoms with Gasteiger partial charge in [0.15, 0.2) is 0 Å². The van der Waals surface area contributed by atoms with Crippen molar-refractivity contribution in [1.82, 2.24) is 10.6 Å². The minimum atomic E-state index is -0.836. The number of nitrogens with one attached hydrogen (secondary N) is 2. The van der Waals surface area contributed by atoms with E-state index in [1.54, 1.807) is 0 Å². The van der Waals surface area contributed by atoms with Crippen LogP contribution in [0.2, 0.25) is 0 Å². The zero-order valence-corrected chi connectivity index (χ0v) is 11.6. The monoisotopic (exact) mass is 268 g/mol. The van der Waals surface area contributed by atoms with Crippen LogP contribution >= 0.6 is 0 Å². The Kier molecular flexibility index (Phi) is 4.02. The van der Waals surface area contributed by atoms with Gasteiger partial charge in [-0.15, -0.1) is 0 Å². The summed E-state index contributed by atoms with van der Waals surface area (Å²) in [6.45, 7) is 2.04. The van der Waals surface area contributed by atoms with Crippen LogP contribution in [-0.2, 0) is 4.79 Å². The number of carbonyl (C=O) groups excluding carboxylic acids is 1. The fourth-order valence-corrected chi connectivity index (χ4v) is 3.24. The van der Waals surface area contributed by atoms with Gasteiger partial charge in [0.05, 0.1) is 12.0 Å². The van der Waals surface area contributed by atoms with E-state index in [0.29, 0.717) is 0 Å². The summed E-state index contributed by atoms with van der Waals surface area (Å²) in [6.07, 6.45) is 7.83. The summed E-state index contributed by atoms with van der Waals surface area (Å²) in [5.41, 5.74) is -0.641. The summed E-state index contributed by atoms with van der Waals surface area (Å²) in [5.74, 6) is -0.836. The number of carboxylic acid groups (broad SMARTS) is 1.